The zero-order valence-electron chi connectivity index (χ0n) is 11.8. The molecule has 0 saturated carbocycles. The fourth-order valence-electron chi connectivity index (χ4n) is 2.48. The molecular weight excluding hydrogens is 341 g/mol. The third-order valence-electron chi connectivity index (χ3n) is 3.71. The molecule has 1 aliphatic heterocycles. The third-order valence-corrected chi connectivity index (χ3v) is 5.25. The Balaban J connectivity index is 1.60. The first kappa shape index (κ1) is 15.6. The van der Waals surface area contributed by atoms with E-state index in [-0.39, 0.29) is 12.3 Å². The molecule has 1 aliphatic rings. The summed E-state index contributed by atoms with van der Waals surface area (Å²) < 4.78 is 0. The van der Waals surface area contributed by atoms with Gasteiger partial charge >= 0.3 is 0 Å². The first-order valence-electron chi connectivity index (χ1n) is 7.00. The van der Waals surface area contributed by atoms with Crippen LogP contribution in [0, 0.1) is 0 Å². The fourth-order valence-corrected chi connectivity index (χ4v) is 3.71. The van der Waals surface area contributed by atoms with Crippen molar-refractivity contribution in [2.75, 3.05) is 31.1 Å². The van der Waals surface area contributed by atoms with Crippen LogP contribution >= 0.6 is 34.5 Å². The van der Waals surface area contributed by atoms with Crippen LogP contribution in [0.3, 0.4) is 0 Å². The van der Waals surface area contributed by atoms with Crippen LogP contribution in [0.25, 0.3) is 0 Å². The quantitative estimate of drug-likeness (QED) is 0.846. The molecule has 1 aromatic carbocycles. The number of nitrogens with zero attached hydrogens (tertiary/aromatic N) is 3. The fraction of sp³-hybridized carbons (Fsp3) is 0.333. The predicted octanol–water partition coefficient (Wildman–Crippen LogP) is 3.34. The third kappa shape index (κ3) is 3.37. The Bertz CT molecular complexity index is 635. The SMILES string of the molecule is O=C(Cc1c(Cl)cccc1Cl)N1CCN(c2nccs2)CC1. The van der Waals surface area contributed by atoms with Crippen LogP contribution in [0.2, 0.25) is 10.0 Å². The van der Waals surface area contributed by atoms with E-state index in [0.29, 0.717) is 28.7 Å². The van der Waals surface area contributed by atoms with Crippen LogP contribution in [-0.4, -0.2) is 42.0 Å². The van der Waals surface area contributed by atoms with E-state index >= 15 is 0 Å². The highest BCUT2D eigenvalue weighted by molar-refractivity contribution is 7.13. The van der Waals surface area contributed by atoms with E-state index in [2.05, 4.69) is 9.88 Å². The molecule has 0 spiro atoms. The minimum Gasteiger partial charge on any atom is -0.345 e. The summed E-state index contributed by atoms with van der Waals surface area (Å²) >= 11 is 13.9. The Morgan fingerprint density at radius 2 is 1.86 bits per heavy atom. The second-order valence-corrected chi connectivity index (χ2v) is 6.75. The van der Waals surface area contributed by atoms with E-state index < -0.39 is 0 Å². The van der Waals surface area contributed by atoms with E-state index in [4.69, 9.17) is 23.2 Å². The van der Waals surface area contributed by atoms with Crippen molar-refractivity contribution in [3.05, 3.63) is 45.4 Å². The zero-order chi connectivity index (χ0) is 15.5. The topological polar surface area (TPSA) is 36.4 Å². The van der Waals surface area contributed by atoms with Crippen molar-refractivity contribution >= 4 is 45.6 Å². The van der Waals surface area contributed by atoms with Gasteiger partial charge in [0.05, 0.1) is 6.42 Å². The van der Waals surface area contributed by atoms with E-state index in [1.54, 1.807) is 35.7 Å². The second kappa shape index (κ2) is 6.86. The van der Waals surface area contributed by atoms with E-state index in [0.717, 1.165) is 18.2 Å². The average Bonchev–Trinajstić information content (AvgIpc) is 3.05. The lowest BCUT2D eigenvalue weighted by atomic mass is 10.1. The smallest absolute Gasteiger partial charge is 0.227 e. The first-order chi connectivity index (χ1) is 10.6. The normalized spacial score (nSPS) is 15.2. The van der Waals surface area contributed by atoms with Crippen molar-refractivity contribution in [2.45, 2.75) is 6.42 Å². The lowest BCUT2D eigenvalue weighted by Crippen LogP contribution is -2.49. The lowest BCUT2D eigenvalue weighted by Gasteiger charge is -2.34. The maximum atomic E-state index is 12.4. The predicted molar refractivity (Wildman–Crippen MR) is 91.1 cm³/mol. The van der Waals surface area contributed by atoms with Gasteiger partial charge in [-0.15, -0.1) is 11.3 Å². The number of hydrogen-bond acceptors (Lipinski definition) is 4. The number of carbonyl (C=O) groups is 1. The Hall–Kier alpha value is -1.30. The second-order valence-electron chi connectivity index (χ2n) is 5.06. The monoisotopic (exact) mass is 355 g/mol. The summed E-state index contributed by atoms with van der Waals surface area (Å²) in [5, 5.41) is 4.07. The number of anilines is 1. The van der Waals surface area contributed by atoms with E-state index in [1.165, 1.54) is 0 Å². The van der Waals surface area contributed by atoms with Crippen LogP contribution in [0.15, 0.2) is 29.8 Å². The molecule has 0 N–H and O–H groups in total. The van der Waals surface area contributed by atoms with Crippen LogP contribution < -0.4 is 4.90 Å². The molecule has 0 aliphatic carbocycles. The largest absolute Gasteiger partial charge is 0.345 e. The Labute approximate surface area is 143 Å². The number of carbonyl (C=O) groups excluding carboxylic acids is 1. The van der Waals surface area contributed by atoms with Crippen LogP contribution in [0.1, 0.15) is 5.56 Å². The molecular formula is C15H15Cl2N3OS. The van der Waals surface area contributed by atoms with Gasteiger partial charge in [0.15, 0.2) is 5.13 Å². The molecule has 1 aromatic heterocycles. The number of halogens is 2. The van der Waals surface area contributed by atoms with Gasteiger partial charge in [-0.1, -0.05) is 29.3 Å². The molecule has 0 radical (unpaired) electrons. The van der Waals surface area contributed by atoms with Gasteiger partial charge in [0.25, 0.3) is 0 Å². The minimum absolute atomic E-state index is 0.0637. The number of piperazine rings is 1. The summed E-state index contributed by atoms with van der Waals surface area (Å²) in [6.07, 6.45) is 2.05. The molecule has 1 fully saturated rings. The highest BCUT2D eigenvalue weighted by Crippen LogP contribution is 2.25. The van der Waals surface area contributed by atoms with Crippen molar-refractivity contribution in [1.82, 2.24) is 9.88 Å². The molecule has 3 rings (SSSR count). The molecule has 2 heterocycles. The summed E-state index contributed by atoms with van der Waals surface area (Å²) in [6.45, 7) is 2.99. The summed E-state index contributed by atoms with van der Waals surface area (Å²) in [4.78, 5) is 20.8. The summed E-state index contributed by atoms with van der Waals surface area (Å²) in [7, 11) is 0. The van der Waals surface area contributed by atoms with Gasteiger partial charge in [0.2, 0.25) is 5.91 Å². The van der Waals surface area contributed by atoms with Crippen molar-refractivity contribution < 1.29 is 4.79 Å². The molecule has 0 unspecified atom stereocenters. The van der Waals surface area contributed by atoms with Crippen molar-refractivity contribution in [3.63, 3.8) is 0 Å². The number of thiazole rings is 1. The first-order valence-corrected chi connectivity index (χ1v) is 8.64. The summed E-state index contributed by atoms with van der Waals surface area (Å²) in [5.74, 6) is 0.0637. The van der Waals surface area contributed by atoms with Gasteiger partial charge in [-0.05, 0) is 17.7 Å². The van der Waals surface area contributed by atoms with Crippen molar-refractivity contribution in [1.29, 1.82) is 0 Å². The van der Waals surface area contributed by atoms with Gasteiger partial charge in [0, 0.05) is 47.8 Å². The molecule has 0 bridgehead atoms. The standard InChI is InChI=1S/C15H15Cl2N3OS/c16-12-2-1-3-13(17)11(12)10-14(21)19-5-7-20(8-6-19)15-18-4-9-22-15/h1-4,9H,5-8,10H2. The maximum absolute atomic E-state index is 12.4. The number of aromatic nitrogens is 1. The summed E-state index contributed by atoms with van der Waals surface area (Å²) in [6, 6.07) is 5.30. The van der Waals surface area contributed by atoms with Crippen molar-refractivity contribution in [2.24, 2.45) is 0 Å². The minimum atomic E-state index is 0.0637. The molecule has 0 atom stereocenters. The van der Waals surface area contributed by atoms with Gasteiger partial charge in [-0.3, -0.25) is 4.79 Å². The van der Waals surface area contributed by atoms with Gasteiger partial charge in [0.1, 0.15) is 0 Å². The van der Waals surface area contributed by atoms with Crippen molar-refractivity contribution in [3.8, 4) is 0 Å². The number of hydrogen-bond donors (Lipinski definition) is 0. The van der Waals surface area contributed by atoms with E-state index in [1.807, 2.05) is 10.3 Å². The van der Waals surface area contributed by atoms with Gasteiger partial charge < -0.3 is 9.80 Å². The lowest BCUT2D eigenvalue weighted by molar-refractivity contribution is -0.130. The molecule has 7 heteroatoms. The number of rotatable bonds is 3. The molecule has 4 nitrogen and oxygen atoms in total. The highest BCUT2D eigenvalue weighted by Gasteiger charge is 2.23. The molecule has 2 aromatic rings. The van der Waals surface area contributed by atoms with Crippen LogP contribution in [0.5, 0.6) is 0 Å². The molecule has 22 heavy (non-hydrogen) atoms. The van der Waals surface area contributed by atoms with E-state index in [9.17, 15) is 4.79 Å². The Kier molecular flexibility index (Phi) is 4.86. The number of benzene rings is 1. The average molecular weight is 356 g/mol. The Morgan fingerprint density at radius 3 is 2.45 bits per heavy atom. The van der Waals surface area contributed by atoms with Gasteiger partial charge in [-0.2, -0.15) is 0 Å². The van der Waals surface area contributed by atoms with Crippen LogP contribution in [0.4, 0.5) is 5.13 Å². The zero-order valence-corrected chi connectivity index (χ0v) is 14.2. The molecule has 1 saturated heterocycles. The maximum Gasteiger partial charge on any atom is 0.227 e. The molecule has 1 amide bonds. The summed E-state index contributed by atoms with van der Waals surface area (Å²) in [5.41, 5.74) is 0.707. The molecule has 116 valence electrons. The van der Waals surface area contributed by atoms with Gasteiger partial charge in [-0.25, -0.2) is 4.98 Å². The highest BCUT2D eigenvalue weighted by atomic mass is 35.5. The number of amides is 1. The Morgan fingerprint density at radius 1 is 1.18 bits per heavy atom. The van der Waals surface area contributed by atoms with Crippen LogP contribution in [-0.2, 0) is 11.2 Å².